The number of fused-ring (bicyclic) bond motifs is 1. The van der Waals surface area contributed by atoms with Crippen LogP contribution in [0.2, 0.25) is 0 Å². The quantitative estimate of drug-likeness (QED) is 0.792. The van der Waals surface area contributed by atoms with E-state index in [9.17, 15) is 8.42 Å². The lowest BCUT2D eigenvalue weighted by Gasteiger charge is -2.04. The van der Waals surface area contributed by atoms with Gasteiger partial charge in [-0.1, -0.05) is 49.4 Å². The first kappa shape index (κ1) is 15.2. The predicted molar refractivity (Wildman–Crippen MR) is 91.8 cm³/mol. The molecule has 0 radical (unpaired) electrons. The van der Waals surface area contributed by atoms with E-state index in [1.165, 1.54) is 16.9 Å². The first-order valence-corrected chi connectivity index (χ1v) is 9.46. The summed E-state index contributed by atoms with van der Waals surface area (Å²) in [4.78, 5) is 1.07. The molecule has 2 aromatic carbocycles. The maximum Gasteiger partial charge on any atom is 0.239 e. The normalized spacial score (nSPS) is 11.9. The largest absolute Gasteiger partial charge is 0.239 e. The Bertz CT molecular complexity index is 909. The van der Waals surface area contributed by atoms with E-state index in [1.54, 1.807) is 0 Å². The van der Waals surface area contributed by atoms with Gasteiger partial charge in [-0.2, -0.15) is 0 Å². The molecule has 0 fully saturated rings. The Morgan fingerprint density at radius 1 is 1.00 bits per heavy atom. The molecular weight excluding hydrogens is 314 g/mol. The van der Waals surface area contributed by atoms with Gasteiger partial charge >= 0.3 is 0 Å². The standard InChI is InChI=1S/C17H17NO2S2/c1-2-12-7-9-13(10-8-12)11-16-17(22(18,19)20)14-5-3-4-6-15(14)21-16/h3-10H,2,11H2,1H3,(H2,18,19,20). The zero-order valence-electron chi connectivity index (χ0n) is 12.2. The number of hydrogen-bond donors (Lipinski definition) is 1. The topological polar surface area (TPSA) is 60.2 Å². The molecule has 0 atom stereocenters. The maximum atomic E-state index is 12.0. The van der Waals surface area contributed by atoms with Crippen molar-refractivity contribution in [3.63, 3.8) is 0 Å². The van der Waals surface area contributed by atoms with Gasteiger partial charge in [0.2, 0.25) is 10.0 Å². The first-order valence-electron chi connectivity index (χ1n) is 7.10. The monoisotopic (exact) mass is 331 g/mol. The summed E-state index contributed by atoms with van der Waals surface area (Å²) < 4.78 is 25.0. The molecule has 0 aliphatic carbocycles. The molecule has 0 saturated carbocycles. The Labute approximate surface area is 134 Å². The van der Waals surface area contributed by atoms with Gasteiger partial charge in [0.1, 0.15) is 4.90 Å². The van der Waals surface area contributed by atoms with Crippen molar-refractivity contribution in [3.8, 4) is 0 Å². The van der Waals surface area contributed by atoms with E-state index in [2.05, 4.69) is 31.2 Å². The lowest BCUT2D eigenvalue weighted by Crippen LogP contribution is -2.13. The highest BCUT2D eigenvalue weighted by atomic mass is 32.2. The van der Waals surface area contributed by atoms with Crippen LogP contribution in [0.15, 0.2) is 53.4 Å². The molecule has 0 bridgehead atoms. The first-order chi connectivity index (χ1) is 10.5. The summed E-state index contributed by atoms with van der Waals surface area (Å²) in [5, 5.41) is 6.16. The summed E-state index contributed by atoms with van der Waals surface area (Å²) in [6, 6.07) is 15.8. The summed E-state index contributed by atoms with van der Waals surface area (Å²) in [7, 11) is -3.74. The van der Waals surface area contributed by atoms with Crippen LogP contribution in [0.25, 0.3) is 10.1 Å². The van der Waals surface area contributed by atoms with Crippen molar-refractivity contribution >= 4 is 31.4 Å². The number of aryl methyl sites for hydroxylation is 1. The van der Waals surface area contributed by atoms with Gasteiger partial charge in [0, 0.05) is 21.4 Å². The van der Waals surface area contributed by atoms with Crippen LogP contribution in [0.5, 0.6) is 0 Å². The van der Waals surface area contributed by atoms with Gasteiger partial charge in [0.15, 0.2) is 0 Å². The molecule has 0 spiro atoms. The second-order valence-electron chi connectivity index (χ2n) is 5.24. The van der Waals surface area contributed by atoms with E-state index in [0.29, 0.717) is 6.42 Å². The zero-order valence-corrected chi connectivity index (χ0v) is 13.9. The highest BCUT2D eigenvalue weighted by molar-refractivity contribution is 7.89. The van der Waals surface area contributed by atoms with E-state index >= 15 is 0 Å². The number of rotatable bonds is 4. The molecular formula is C17H17NO2S2. The van der Waals surface area contributed by atoms with Crippen molar-refractivity contribution in [3.05, 3.63) is 64.5 Å². The summed E-state index contributed by atoms with van der Waals surface area (Å²) in [5.41, 5.74) is 2.36. The van der Waals surface area contributed by atoms with Crippen LogP contribution in [-0.2, 0) is 22.9 Å². The van der Waals surface area contributed by atoms with E-state index in [0.717, 1.165) is 26.9 Å². The van der Waals surface area contributed by atoms with Crippen LogP contribution in [0.3, 0.4) is 0 Å². The van der Waals surface area contributed by atoms with E-state index in [4.69, 9.17) is 5.14 Å². The molecule has 1 aromatic heterocycles. The fourth-order valence-corrected chi connectivity index (χ4v) is 5.12. The lowest BCUT2D eigenvalue weighted by molar-refractivity contribution is 0.598. The van der Waals surface area contributed by atoms with Gasteiger partial charge in [0.05, 0.1) is 0 Å². The molecule has 0 aliphatic heterocycles. The second kappa shape index (κ2) is 5.83. The molecule has 3 nitrogen and oxygen atoms in total. The molecule has 5 heteroatoms. The van der Waals surface area contributed by atoms with Crippen molar-refractivity contribution in [2.75, 3.05) is 0 Å². The fourth-order valence-electron chi connectivity index (χ4n) is 2.58. The third kappa shape index (κ3) is 2.92. The van der Waals surface area contributed by atoms with E-state index < -0.39 is 10.0 Å². The lowest BCUT2D eigenvalue weighted by atomic mass is 10.1. The smallest absolute Gasteiger partial charge is 0.225 e. The van der Waals surface area contributed by atoms with Crippen molar-refractivity contribution in [2.45, 2.75) is 24.7 Å². The van der Waals surface area contributed by atoms with Crippen molar-refractivity contribution in [2.24, 2.45) is 5.14 Å². The number of primary sulfonamides is 1. The average Bonchev–Trinajstić information content (AvgIpc) is 2.85. The number of hydrogen-bond acceptors (Lipinski definition) is 3. The van der Waals surface area contributed by atoms with Crippen LogP contribution in [-0.4, -0.2) is 8.42 Å². The Morgan fingerprint density at radius 2 is 1.64 bits per heavy atom. The molecule has 2 N–H and O–H groups in total. The second-order valence-corrected chi connectivity index (χ2v) is 7.88. The third-order valence-electron chi connectivity index (χ3n) is 3.70. The molecule has 114 valence electrons. The minimum atomic E-state index is -3.74. The van der Waals surface area contributed by atoms with Crippen molar-refractivity contribution in [1.29, 1.82) is 0 Å². The van der Waals surface area contributed by atoms with Crippen LogP contribution < -0.4 is 5.14 Å². The minimum Gasteiger partial charge on any atom is -0.225 e. The van der Waals surface area contributed by atoms with E-state index in [1.807, 2.05) is 24.3 Å². The van der Waals surface area contributed by atoms with Crippen LogP contribution in [0.4, 0.5) is 0 Å². The molecule has 3 rings (SSSR count). The molecule has 22 heavy (non-hydrogen) atoms. The van der Waals surface area contributed by atoms with Crippen molar-refractivity contribution in [1.82, 2.24) is 0 Å². The number of benzene rings is 2. The van der Waals surface area contributed by atoms with Crippen LogP contribution >= 0.6 is 11.3 Å². The van der Waals surface area contributed by atoms with Gasteiger partial charge in [-0.15, -0.1) is 11.3 Å². The molecule has 0 unspecified atom stereocenters. The highest BCUT2D eigenvalue weighted by Gasteiger charge is 2.21. The summed E-state index contributed by atoms with van der Waals surface area (Å²) >= 11 is 1.50. The van der Waals surface area contributed by atoms with Crippen LogP contribution in [0, 0.1) is 0 Å². The fraction of sp³-hybridized carbons (Fsp3) is 0.176. The number of nitrogens with two attached hydrogens (primary N) is 1. The molecule has 0 aliphatic rings. The van der Waals surface area contributed by atoms with Crippen LogP contribution in [0.1, 0.15) is 22.9 Å². The molecule has 1 heterocycles. The van der Waals surface area contributed by atoms with Gasteiger partial charge in [-0.05, 0) is 23.6 Å². The van der Waals surface area contributed by atoms with Gasteiger partial charge in [0.25, 0.3) is 0 Å². The Morgan fingerprint density at radius 3 is 2.27 bits per heavy atom. The highest BCUT2D eigenvalue weighted by Crippen LogP contribution is 2.35. The van der Waals surface area contributed by atoms with Crippen molar-refractivity contribution < 1.29 is 8.42 Å². The Kier molecular flexibility index (Phi) is 4.04. The average molecular weight is 331 g/mol. The van der Waals surface area contributed by atoms with E-state index in [-0.39, 0.29) is 4.90 Å². The summed E-state index contributed by atoms with van der Waals surface area (Å²) in [5.74, 6) is 0. The van der Waals surface area contributed by atoms with Gasteiger partial charge < -0.3 is 0 Å². The summed E-state index contributed by atoms with van der Waals surface area (Å²) in [6.07, 6.45) is 1.57. The number of thiophene rings is 1. The Hall–Kier alpha value is -1.69. The van der Waals surface area contributed by atoms with Gasteiger partial charge in [-0.3, -0.25) is 0 Å². The molecule has 0 saturated heterocycles. The Balaban J connectivity index is 2.09. The maximum absolute atomic E-state index is 12.0. The van der Waals surface area contributed by atoms with Gasteiger partial charge in [-0.25, -0.2) is 13.6 Å². The molecule has 3 aromatic rings. The zero-order chi connectivity index (χ0) is 15.7. The number of sulfonamides is 1. The summed E-state index contributed by atoms with van der Waals surface area (Å²) in [6.45, 7) is 2.11. The third-order valence-corrected chi connectivity index (χ3v) is 6.03. The SMILES string of the molecule is CCc1ccc(Cc2sc3ccccc3c2S(N)(=O)=O)cc1. The predicted octanol–water partition coefficient (Wildman–Crippen LogP) is 3.70. The minimum absolute atomic E-state index is 0.271. The molecule has 0 amide bonds.